The average molecular weight is 255 g/mol. The van der Waals surface area contributed by atoms with Gasteiger partial charge in [-0.2, -0.15) is 0 Å². The number of hydrogen-bond donors (Lipinski definition) is 2. The van der Waals surface area contributed by atoms with Crippen molar-refractivity contribution < 1.29 is 0 Å². The minimum Gasteiger partial charge on any atom is -0.356 e. The molecule has 3 nitrogen and oxygen atoms in total. The number of aliphatic imine (C=N–C) groups is 1. The normalized spacial score (nSPS) is 21.9. The summed E-state index contributed by atoms with van der Waals surface area (Å²) in [6.45, 7) is 0.969. The Morgan fingerprint density at radius 3 is 2.79 bits per heavy atom. The summed E-state index contributed by atoms with van der Waals surface area (Å²) in [5, 5.41) is 6.92. The van der Waals surface area contributed by atoms with Crippen LogP contribution in [0.15, 0.2) is 41.4 Å². The van der Waals surface area contributed by atoms with Gasteiger partial charge in [0, 0.05) is 25.6 Å². The van der Waals surface area contributed by atoms with Gasteiger partial charge in [-0.05, 0) is 30.4 Å². The molecule has 0 saturated heterocycles. The van der Waals surface area contributed by atoms with Gasteiger partial charge in [0.25, 0.3) is 0 Å². The Labute approximate surface area is 114 Å². The molecule has 0 heterocycles. The zero-order chi connectivity index (χ0) is 13.1. The number of rotatable bonds is 3. The summed E-state index contributed by atoms with van der Waals surface area (Å²) in [6.07, 6.45) is 7.85. The van der Waals surface area contributed by atoms with E-state index in [0.717, 1.165) is 25.3 Å². The second kappa shape index (κ2) is 5.47. The van der Waals surface area contributed by atoms with Crippen molar-refractivity contribution in [3.8, 4) is 0 Å². The Hall–Kier alpha value is -1.77. The highest BCUT2D eigenvalue weighted by atomic mass is 15.2. The largest absolute Gasteiger partial charge is 0.356 e. The molecule has 100 valence electrons. The maximum atomic E-state index is 4.30. The molecule has 0 fully saturated rings. The van der Waals surface area contributed by atoms with Crippen molar-refractivity contribution in [2.24, 2.45) is 4.99 Å². The molecule has 3 heteroatoms. The van der Waals surface area contributed by atoms with E-state index < -0.39 is 0 Å². The topological polar surface area (TPSA) is 36.4 Å². The molecule has 0 radical (unpaired) electrons. The third kappa shape index (κ3) is 2.65. The van der Waals surface area contributed by atoms with Crippen LogP contribution in [0.25, 0.3) is 0 Å². The van der Waals surface area contributed by atoms with Crippen LogP contribution in [0.1, 0.15) is 29.9 Å². The lowest BCUT2D eigenvalue weighted by atomic mass is 9.78. The molecule has 0 bridgehead atoms. The van der Waals surface area contributed by atoms with Gasteiger partial charge < -0.3 is 10.6 Å². The maximum Gasteiger partial charge on any atom is 0.191 e. The Morgan fingerprint density at radius 2 is 2.05 bits per heavy atom. The quantitative estimate of drug-likeness (QED) is 0.493. The van der Waals surface area contributed by atoms with Crippen LogP contribution in [0.2, 0.25) is 0 Å². The van der Waals surface area contributed by atoms with Crippen LogP contribution in [0.3, 0.4) is 0 Å². The average Bonchev–Trinajstić information content (AvgIpc) is 2.91. The molecule has 0 spiro atoms. The van der Waals surface area contributed by atoms with E-state index in [4.69, 9.17) is 0 Å². The molecule has 0 aliphatic heterocycles. The molecular formula is C16H21N3. The second-order valence-electron chi connectivity index (χ2n) is 5.34. The van der Waals surface area contributed by atoms with Gasteiger partial charge in [-0.25, -0.2) is 0 Å². The summed E-state index contributed by atoms with van der Waals surface area (Å²) in [7, 11) is 1.84. The lowest BCUT2D eigenvalue weighted by Crippen LogP contribution is -2.44. The molecule has 19 heavy (non-hydrogen) atoms. The first-order valence-corrected chi connectivity index (χ1v) is 7.07. The predicted molar refractivity (Wildman–Crippen MR) is 79.5 cm³/mol. The standard InChI is InChI=1S/C16H21N3/c1-17-16(19-14-7-3-4-8-14)18-11-13-10-12-6-2-5-9-15(12)13/h2-6,9,13-14H,7-8,10-11H2,1H3,(H2,17,18,19). The van der Waals surface area contributed by atoms with E-state index in [1.54, 1.807) is 0 Å². The SMILES string of the molecule is CN=C(NCC1Cc2ccccc21)NC1CC=CC1. The van der Waals surface area contributed by atoms with Crippen LogP contribution >= 0.6 is 0 Å². The molecular weight excluding hydrogens is 234 g/mol. The molecule has 0 aromatic heterocycles. The monoisotopic (exact) mass is 255 g/mol. The van der Waals surface area contributed by atoms with Crippen LogP contribution in [0.5, 0.6) is 0 Å². The molecule has 2 aliphatic carbocycles. The number of guanidine groups is 1. The summed E-state index contributed by atoms with van der Waals surface area (Å²) in [5.74, 6) is 1.56. The van der Waals surface area contributed by atoms with Crippen molar-refractivity contribution in [2.75, 3.05) is 13.6 Å². The van der Waals surface area contributed by atoms with Gasteiger partial charge in [-0.1, -0.05) is 36.4 Å². The Bertz CT molecular complexity index is 496. The van der Waals surface area contributed by atoms with Crippen molar-refractivity contribution in [2.45, 2.75) is 31.2 Å². The highest BCUT2D eigenvalue weighted by molar-refractivity contribution is 5.80. The third-order valence-electron chi connectivity index (χ3n) is 4.05. The molecule has 2 aliphatic rings. The van der Waals surface area contributed by atoms with Gasteiger partial charge in [-0.3, -0.25) is 4.99 Å². The first-order valence-electron chi connectivity index (χ1n) is 7.07. The second-order valence-corrected chi connectivity index (χ2v) is 5.34. The molecule has 0 amide bonds. The molecule has 1 atom stereocenters. The number of nitrogens with zero attached hydrogens (tertiary/aromatic N) is 1. The number of nitrogens with one attached hydrogen (secondary N) is 2. The fraction of sp³-hybridized carbons (Fsp3) is 0.438. The first kappa shape index (κ1) is 12.3. The molecule has 1 aromatic rings. The summed E-state index contributed by atoms with van der Waals surface area (Å²) < 4.78 is 0. The minimum atomic E-state index is 0.514. The van der Waals surface area contributed by atoms with E-state index in [-0.39, 0.29) is 0 Å². The smallest absolute Gasteiger partial charge is 0.191 e. The zero-order valence-electron chi connectivity index (χ0n) is 11.4. The summed E-state index contributed by atoms with van der Waals surface area (Å²) in [5.41, 5.74) is 2.99. The Balaban J connectivity index is 1.49. The van der Waals surface area contributed by atoms with E-state index in [1.807, 2.05) is 7.05 Å². The van der Waals surface area contributed by atoms with Crippen LogP contribution in [0.4, 0.5) is 0 Å². The number of fused-ring (bicyclic) bond motifs is 1. The minimum absolute atomic E-state index is 0.514. The maximum absolute atomic E-state index is 4.30. The molecule has 3 rings (SSSR count). The van der Waals surface area contributed by atoms with Crippen LogP contribution in [0, 0.1) is 0 Å². The predicted octanol–water partition coefficient (Wildman–Crippen LogP) is 2.21. The molecule has 2 N–H and O–H groups in total. The van der Waals surface area contributed by atoms with Crippen molar-refractivity contribution in [3.05, 3.63) is 47.5 Å². The third-order valence-corrected chi connectivity index (χ3v) is 4.05. The van der Waals surface area contributed by atoms with Crippen LogP contribution in [-0.4, -0.2) is 25.6 Å². The summed E-state index contributed by atoms with van der Waals surface area (Å²) in [6, 6.07) is 9.23. The van der Waals surface area contributed by atoms with Gasteiger partial charge in [0.15, 0.2) is 5.96 Å². The van der Waals surface area contributed by atoms with Gasteiger partial charge in [0.05, 0.1) is 0 Å². The van der Waals surface area contributed by atoms with E-state index >= 15 is 0 Å². The van der Waals surface area contributed by atoms with E-state index in [9.17, 15) is 0 Å². The Kier molecular flexibility index (Phi) is 3.53. The van der Waals surface area contributed by atoms with Crippen LogP contribution < -0.4 is 10.6 Å². The highest BCUT2D eigenvalue weighted by Crippen LogP contribution is 2.33. The van der Waals surface area contributed by atoms with Gasteiger partial charge in [0.2, 0.25) is 0 Å². The fourth-order valence-corrected chi connectivity index (χ4v) is 2.89. The van der Waals surface area contributed by atoms with Crippen molar-refractivity contribution in [3.63, 3.8) is 0 Å². The summed E-state index contributed by atoms with van der Waals surface area (Å²) in [4.78, 5) is 4.30. The highest BCUT2D eigenvalue weighted by Gasteiger charge is 2.25. The lowest BCUT2D eigenvalue weighted by Gasteiger charge is -2.31. The van der Waals surface area contributed by atoms with E-state index in [1.165, 1.54) is 17.5 Å². The van der Waals surface area contributed by atoms with Gasteiger partial charge in [-0.15, -0.1) is 0 Å². The molecule has 1 unspecified atom stereocenters. The number of benzene rings is 1. The van der Waals surface area contributed by atoms with Crippen molar-refractivity contribution in [1.82, 2.24) is 10.6 Å². The lowest BCUT2D eigenvalue weighted by molar-refractivity contribution is 0.571. The van der Waals surface area contributed by atoms with Gasteiger partial charge >= 0.3 is 0 Å². The molecule has 0 saturated carbocycles. The van der Waals surface area contributed by atoms with E-state index in [0.29, 0.717) is 12.0 Å². The fourth-order valence-electron chi connectivity index (χ4n) is 2.89. The zero-order valence-corrected chi connectivity index (χ0v) is 11.4. The summed E-state index contributed by atoms with van der Waals surface area (Å²) >= 11 is 0. The van der Waals surface area contributed by atoms with Crippen LogP contribution in [-0.2, 0) is 6.42 Å². The first-order chi connectivity index (χ1) is 9.36. The van der Waals surface area contributed by atoms with E-state index in [2.05, 4.69) is 52.0 Å². The van der Waals surface area contributed by atoms with Crippen molar-refractivity contribution in [1.29, 1.82) is 0 Å². The Morgan fingerprint density at radius 1 is 1.26 bits per heavy atom. The van der Waals surface area contributed by atoms with Gasteiger partial charge in [0.1, 0.15) is 0 Å². The number of hydrogen-bond acceptors (Lipinski definition) is 1. The van der Waals surface area contributed by atoms with Crippen molar-refractivity contribution >= 4 is 5.96 Å². The molecule has 1 aromatic carbocycles.